The second kappa shape index (κ2) is 7.68. The Morgan fingerprint density at radius 3 is 2.24 bits per heavy atom. The van der Waals surface area contributed by atoms with Crippen LogP contribution in [0.2, 0.25) is 0 Å². The number of nitrogens with zero attached hydrogens (tertiary/aromatic N) is 2. The molecular formula is C25H29N3O. The molecule has 3 aromatic rings. The van der Waals surface area contributed by atoms with Crippen molar-refractivity contribution < 1.29 is 0 Å². The summed E-state index contributed by atoms with van der Waals surface area (Å²) in [5, 5.41) is 0. The Kier molecular flexibility index (Phi) is 4.88. The van der Waals surface area contributed by atoms with Crippen LogP contribution in [0.4, 0.5) is 0 Å². The van der Waals surface area contributed by atoms with Crippen LogP contribution in [0.3, 0.4) is 0 Å². The van der Waals surface area contributed by atoms with Gasteiger partial charge in [0.15, 0.2) is 0 Å². The van der Waals surface area contributed by atoms with Crippen molar-refractivity contribution in [2.45, 2.75) is 50.1 Å². The number of likely N-dealkylation sites (tertiary alicyclic amines) is 1. The van der Waals surface area contributed by atoms with Crippen LogP contribution >= 0.6 is 0 Å². The third kappa shape index (κ3) is 3.25. The SMILES string of the molecule is O=c1[nH]c2ccccc2n1C1CCN(C2(c3ccccc3)CCC=CCC2)CC1. The molecule has 0 unspecified atom stereocenters. The van der Waals surface area contributed by atoms with Crippen LogP contribution < -0.4 is 5.69 Å². The van der Waals surface area contributed by atoms with Gasteiger partial charge in [-0.05, 0) is 56.2 Å². The van der Waals surface area contributed by atoms with Crippen molar-refractivity contribution in [3.8, 4) is 0 Å². The number of H-pyrrole nitrogens is 1. The molecule has 150 valence electrons. The summed E-state index contributed by atoms with van der Waals surface area (Å²) in [5.41, 5.74) is 3.57. The summed E-state index contributed by atoms with van der Waals surface area (Å²) in [6, 6.07) is 19.4. The summed E-state index contributed by atoms with van der Waals surface area (Å²) in [4.78, 5) is 18.4. The number of piperidine rings is 1. The molecule has 1 aliphatic heterocycles. The van der Waals surface area contributed by atoms with E-state index in [0.717, 1.165) is 49.8 Å². The number of hydrogen-bond donors (Lipinski definition) is 1. The fraction of sp³-hybridized carbons (Fsp3) is 0.400. The van der Waals surface area contributed by atoms with E-state index in [4.69, 9.17) is 0 Å². The van der Waals surface area contributed by atoms with Gasteiger partial charge in [0.2, 0.25) is 0 Å². The largest absolute Gasteiger partial charge is 0.326 e. The zero-order chi connectivity index (χ0) is 19.7. The number of aromatic amines is 1. The van der Waals surface area contributed by atoms with E-state index in [-0.39, 0.29) is 17.3 Å². The number of benzene rings is 2. The van der Waals surface area contributed by atoms with Gasteiger partial charge in [-0.2, -0.15) is 0 Å². The summed E-state index contributed by atoms with van der Waals surface area (Å²) < 4.78 is 2.00. The summed E-state index contributed by atoms with van der Waals surface area (Å²) in [5.74, 6) is 0. The van der Waals surface area contributed by atoms with Gasteiger partial charge in [0.05, 0.1) is 11.0 Å². The molecule has 29 heavy (non-hydrogen) atoms. The maximum atomic E-state index is 12.6. The minimum absolute atomic E-state index is 0.0288. The number of imidazole rings is 1. The lowest BCUT2D eigenvalue weighted by Gasteiger charge is -2.47. The van der Waals surface area contributed by atoms with Crippen LogP contribution in [0.5, 0.6) is 0 Å². The van der Waals surface area contributed by atoms with Gasteiger partial charge in [-0.15, -0.1) is 0 Å². The lowest BCUT2D eigenvalue weighted by atomic mass is 9.79. The fourth-order valence-corrected chi connectivity index (χ4v) is 5.53. The quantitative estimate of drug-likeness (QED) is 0.643. The second-order valence-electron chi connectivity index (χ2n) is 8.48. The van der Waals surface area contributed by atoms with Crippen LogP contribution in [0.1, 0.15) is 50.1 Å². The van der Waals surface area contributed by atoms with Crippen molar-refractivity contribution in [2.75, 3.05) is 13.1 Å². The molecule has 1 aliphatic carbocycles. The monoisotopic (exact) mass is 387 g/mol. The number of hydrogen-bond acceptors (Lipinski definition) is 2. The molecule has 5 rings (SSSR count). The highest BCUT2D eigenvalue weighted by atomic mass is 16.1. The van der Waals surface area contributed by atoms with Crippen molar-refractivity contribution in [1.29, 1.82) is 0 Å². The molecule has 0 bridgehead atoms. The van der Waals surface area contributed by atoms with E-state index in [1.807, 2.05) is 22.8 Å². The molecule has 0 saturated carbocycles. The Morgan fingerprint density at radius 1 is 0.862 bits per heavy atom. The minimum Gasteiger partial charge on any atom is -0.306 e. The van der Waals surface area contributed by atoms with Gasteiger partial charge < -0.3 is 4.98 Å². The first-order valence-corrected chi connectivity index (χ1v) is 10.9. The molecule has 4 heteroatoms. The van der Waals surface area contributed by atoms with Crippen molar-refractivity contribution in [3.05, 3.63) is 82.8 Å². The highest BCUT2D eigenvalue weighted by Crippen LogP contribution is 2.42. The summed E-state index contributed by atoms with van der Waals surface area (Å²) in [6.45, 7) is 2.07. The molecule has 0 amide bonds. The molecular weight excluding hydrogens is 358 g/mol. The fourth-order valence-electron chi connectivity index (χ4n) is 5.53. The van der Waals surface area contributed by atoms with Gasteiger partial charge in [-0.3, -0.25) is 9.47 Å². The maximum absolute atomic E-state index is 12.6. The van der Waals surface area contributed by atoms with E-state index in [0.29, 0.717) is 0 Å². The van der Waals surface area contributed by atoms with E-state index >= 15 is 0 Å². The molecule has 2 aliphatic rings. The Labute approximate surface area is 171 Å². The van der Waals surface area contributed by atoms with Gasteiger partial charge in [-0.25, -0.2) is 4.79 Å². The lowest BCUT2D eigenvalue weighted by Crippen LogP contribution is -2.50. The van der Waals surface area contributed by atoms with Crippen LogP contribution in [0.25, 0.3) is 11.0 Å². The highest BCUT2D eigenvalue weighted by molar-refractivity contribution is 5.75. The third-order valence-electron chi connectivity index (χ3n) is 6.99. The molecule has 0 atom stereocenters. The van der Waals surface area contributed by atoms with Gasteiger partial charge >= 0.3 is 5.69 Å². The topological polar surface area (TPSA) is 41.0 Å². The molecule has 1 saturated heterocycles. The molecule has 4 nitrogen and oxygen atoms in total. The molecule has 0 radical (unpaired) electrons. The lowest BCUT2D eigenvalue weighted by molar-refractivity contribution is 0.0367. The first-order chi connectivity index (χ1) is 14.3. The van der Waals surface area contributed by atoms with E-state index < -0.39 is 0 Å². The number of fused-ring (bicyclic) bond motifs is 1. The molecule has 1 fully saturated rings. The molecule has 2 aromatic carbocycles. The maximum Gasteiger partial charge on any atom is 0.326 e. The highest BCUT2D eigenvalue weighted by Gasteiger charge is 2.40. The van der Waals surface area contributed by atoms with Gasteiger partial charge in [0, 0.05) is 24.7 Å². The van der Waals surface area contributed by atoms with Gasteiger partial charge in [0.1, 0.15) is 0 Å². The van der Waals surface area contributed by atoms with E-state index in [2.05, 4.69) is 58.4 Å². The summed E-state index contributed by atoms with van der Waals surface area (Å²) >= 11 is 0. The van der Waals surface area contributed by atoms with E-state index in [1.165, 1.54) is 18.4 Å². The second-order valence-corrected chi connectivity index (χ2v) is 8.48. The number of aromatic nitrogens is 2. The smallest absolute Gasteiger partial charge is 0.306 e. The Balaban J connectivity index is 1.42. The van der Waals surface area contributed by atoms with Crippen molar-refractivity contribution in [2.24, 2.45) is 0 Å². The van der Waals surface area contributed by atoms with Gasteiger partial charge in [0.25, 0.3) is 0 Å². The summed E-state index contributed by atoms with van der Waals surface area (Å²) in [6.07, 6.45) is 11.4. The zero-order valence-electron chi connectivity index (χ0n) is 16.9. The number of rotatable bonds is 3. The zero-order valence-corrected chi connectivity index (χ0v) is 16.9. The first-order valence-electron chi connectivity index (χ1n) is 10.9. The van der Waals surface area contributed by atoms with Crippen molar-refractivity contribution in [1.82, 2.24) is 14.5 Å². The van der Waals surface area contributed by atoms with Crippen LogP contribution in [-0.2, 0) is 5.54 Å². The molecule has 1 aromatic heterocycles. The van der Waals surface area contributed by atoms with Crippen LogP contribution in [-0.4, -0.2) is 27.5 Å². The predicted molar refractivity (Wildman–Crippen MR) is 118 cm³/mol. The first kappa shape index (κ1) is 18.4. The molecule has 1 N–H and O–H groups in total. The van der Waals surface area contributed by atoms with Crippen LogP contribution in [0.15, 0.2) is 71.5 Å². The number of allylic oxidation sites excluding steroid dienone is 2. The van der Waals surface area contributed by atoms with Gasteiger partial charge in [-0.1, -0.05) is 54.6 Å². The van der Waals surface area contributed by atoms with E-state index in [1.54, 1.807) is 0 Å². The Hall–Kier alpha value is -2.59. The Morgan fingerprint density at radius 2 is 1.52 bits per heavy atom. The standard InChI is InChI=1S/C25H29N3O/c29-24-26-22-12-6-7-13-23(22)28(24)21-14-18-27(19-15-21)25(16-8-1-2-9-17-25)20-10-4-3-5-11-20/h1-7,10-13,21H,8-9,14-19H2,(H,26,29). The minimum atomic E-state index is 0.0288. The van der Waals surface area contributed by atoms with E-state index in [9.17, 15) is 4.79 Å². The Bertz CT molecular complexity index is 1040. The normalized spacial score (nSPS) is 20.7. The molecule has 0 spiro atoms. The third-order valence-corrected chi connectivity index (χ3v) is 6.99. The average molecular weight is 388 g/mol. The summed E-state index contributed by atoms with van der Waals surface area (Å²) in [7, 11) is 0. The van der Waals surface area contributed by atoms with Crippen molar-refractivity contribution in [3.63, 3.8) is 0 Å². The number of para-hydroxylation sites is 2. The predicted octanol–water partition coefficient (Wildman–Crippen LogP) is 4.99. The van der Waals surface area contributed by atoms with Crippen LogP contribution in [0, 0.1) is 0 Å². The van der Waals surface area contributed by atoms with Crippen molar-refractivity contribution >= 4 is 11.0 Å². The number of nitrogens with one attached hydrogen (secondary N) is 1. The average Bonchev–Trinajstić information content (AvgIpc) is 2.93. The molecule has 2 heterocycles.